The number of aliphatic imine (C=N–C) groups is 1. The van der Waals surface area contributed by atoms with Crippen molar-refractivity contribution >= 4 is 35.8 Å². The number of piperidine rings is 1. The van der Waals surface area contributed by atoms with Gasteiger partial charge in [-0.1, -0.05) is 12.1 Å². The Morgan fingerprint density at radius 3 is 2.43 bits per heavy atom. The van der Waals surface area contributed by atoms with E-state index in [0.29, 0.717) is 6.54 Å². The van der Waals surface area contributed by atoms with Gasteiger partial charge in [0.1, 0.15) is 5.75 Å². The number of likely N-dealkylation sites (tertiary alicyclic amines) is 1. The maximum atomic E-state index is 12.2. The second kappa shape index (κ2) is 15.2. The third-order valence-corrected chi connectivity index (χ3v) is 4.86. The van der Waals surface area contributed by atoms with Crippen LogP contribution in [0, 0.1) is 0 Å². The first-order valence-electron chi connectivity index (χ1n) is 10.1. The van der Waals surface area contributed by atoms with Crippen LogP contribution in [0.5, 0.6) is 5.75 Å². The second-order valence-electron chi connectivity index (χ2n) is 6.93. The molecule has 0 aliphatic carbocycles. The average Bonchev–Trinajstić information content (AvgIpc) is 2.77. The number of carbonyl (C=O) groups excluding carboxylic acids is 1. The molecule has 0 radical (unpaired) electrons. The fraction of sp³-hybridized carbons (Fsp3) is 0.619. The molecule has 1 aromatic rings. The van der Waals surface area contributed by atoms with Gasteiger partial charge in [0.05, 0.1) is 19.8 Å². The minimum atomic E-state index is -0.0710. The summed E-state index contributed by atoms with van der Waals surface area (Å²) < 4.78 is 16.1. The lowest BCUT2D eigenvalue weighted by atomic mass is 10.1. The molecular weight excluding hydrogens is 499 g/mol. The summed E-state index contributed by atoms with van der Waals surface area (Å²) in [4.78, 5) is 18.6. The zero-order chi connectivity index (χ0) is 20.9. The molecule has 0 bridgehead atoms. The van der Waals surface area contributed by atoms with Crippen molar-refractivity contribution in [2.45, 2.75) is 31.9 Å². The van der Waals surface area contributed by atoms with Gasteiger partial charge in [0.25, 0.3) is 0 Å². The summed E-state index contributed by atoms with van der Waals surface area (Å²) in [6.45, 7) is 3.87. The van der Waals surface area contributed by atoms with Gasteiger partial charge in [-0.05, 0) is 37.0 Å². The minimum absolute atomic E-state index is 0. The number of carbonyl (C=O) groups is 1. The largest absolute Gasteiger partial charge is 0.497 e. The van der Waals surface area contributed by atoms with Crippen LogP contribution >= 0.6 is 24.0 Å². The van der Waals surface area contributed by atoms with Crippen molar-refractivity contribution in [2.24, 2.45) is 4.99 Å². The van der Waals surface area contributed by atoms with Gasteiger partial charge >= 0.3 is 0 Å². The van der Waals surface area contributed by atoms with Crippen LogP contribution in [0.2, 0.25) is 0 Å². The van der Waals surface area contributed by atoms with E-state index in [1.807, 2.05) is 24.3 Å². The van der Waals surface area contributed by atoms with Gasteiger partial charge in [0.15, 0.2) is 5.96 Å². The van der Waals surface area contributed by atoms with Crippen molar-refractivity contribution in [3.05, 3.63) is 29.8 Å². The van der Waals surface area contributed by atoms with Crippen molar-refractivity contribution in [1.82, 2.24) is 15.5 Å². The summed E-state index contributed by atoms with van der Waals surface area (Å²) in [5.41, 5.74) is 1.02. The van der Waals surface area contributed by atoms with Crippen LogP contribution in [0.3, 0.4) is 0 Å². The summed E-state index contributed by atoms with van der Waals surface area (Å²) in [5, 5.41) is 6.07. The Labute approximate surface area is 196 Å². The highest BCUT2D eigenvalue weighted by Crippen LogP contribution is 2.14. The summed E-state index contributed by atoms with van der Waals surface area (Å²) in [6.07, 6.45) is 3.12. The van der Waals surface area contributed by atoms with E-state index in [1.165, 1.54) is 0 Å². The first-order valence-corrected chi connectivity index (χ1v) is 10.1. The number of methoxy groups -OCH3 is 2. The Bertz CT molecular complexity index is 634. The molecular formula is C21H35IN4O4. The Hall–Kier alpha value is -1.59. The van der Waals surface area contributed by atoms with Gasteiger partial charge in [-0.3, -0.25) is 9.79 Å². The van der Waals surface area contributed by atoms with Crippen LogP contribution in [0.15, 0.2) is 29.3 Å². The van der Waals surface area contributed by atoms with Crippen LogP contribution in [-0.4, -0.2) is 77.0 Å². The Balaban J connectivity index is 0.00000450. The molecule has 2 rings (SSSR count). The molecule has 2 N–H and O–H groups in total. The van der Waals surface area contributed by atoms with Crippen molar-refractivity contribution in [3.63, 3.8) is 0 Å². The topological polar surface area (TPSA) is 84.4 Å². The van der Waals surface area contributed by atoms with Crippen LogP contribution in [0.25, 0.3) is 0 Å². The number of benzene rings is 1. The molecule has 0 spiro atoms. The van der Waals surface area contributed by atoms with Crippen molar-refractivity contribution in [2.75, 3.05) is 54.1 Å². The Kier molecular flexibility index (Phi) is 13.4. The molecule has 1 heterocycles. The molecule has 1 saturated heterocycles. The maximum Gasteiger partial charge on any atom is 0.239 e. The quantitative estimate of drug-likeness (QED) is 0.207. The summed E-state index contributed by atoms with van der Waals surface area (Å²) >= 11 is 0. The molecule has 1 aromatic carbocycles. The van der Waals surface area contributed by atoms with Crippen molar-refractivity contribution in [1.29, 1.82) is 0 Å². The number of ether oxygens (including phenoxy) is 3. The molecule has 1 amide bonds. The van der Waals surface area contributed by atoms with E-state index in [2.05, 4.69) is 20.5 Å². The molecule has 170 valence electrons. The minimum Gasteiger partial charge on any atom is -0.497 e. The summed E-state index contributed by atoms with van der Waals surface area (Å²) in [7, 11) is 5.08. The van der Waals surface area contributed by atoms with Gasteiger partial charge in [-0.2, -0.15) is 0 Å². The lowest BCUT2D eigenvalue weighted by Gasteiger charge is -2.34. The molecule has 0 unspecified atom stereocenters. The normalized spacial score (nSPS) is 14.8. The van der Waals surface area contributed by atoms with Gasteiger partial charge in [-0.25, -0.2) is 0 Å². The van der Waals surface area contributed by atoms with E-state index < -0.39 is 0 Å². The predicted molar refractivity (Wildman–Crippen MR) is 129 cm³/mol. The lowest BCUT2D eigenvalue weighted by molar-refractivity contribution is -0.120. The van der Waals surface area contributed by atoms with Crippen molar-refractivity contribution < 1.29 is 19.0 Å². The summed E-state index contributed by atoms with van der Waals surface area (Å²) in [6, 6.07) is 7.64. The van der Waals surface area contributed by atoms with E-state index in [-0.39, 0.29) is 42.5 Å². The van der Waals surface area contributed by atoms with E-state index >= 15 is 0 Å². The number of hydrogen-bond acceptors (Lipinski definition) is 5. The number of nitrogens with zero attached hydrogens (tertiary/aromatic N) is 2. The monoisotopic (exact) mass is 534 g/mol. The molecule has 1 aliphatic heterocycles. The van der Waals surface area contributed by atoms with E-state index in [9.17, 15) is 4.79 Å². The highest BCUT2D eigenvalue weighted by atomic mass is 127. The third-order valence-electron chi connectivity index (χ3n) is 4.86. The highest BCUT2D eigenvalue weighted by molar-refractivity contribution is 14.0. The number of nitrogens with one attached hydrogen (secondary N) is 2. The molecule has 0 saturated carbocycles. The fourth-order valence-electron chi connectivity index (χ4n) is 3.19. The van der Waals surface area contributed by atoms with Crippen LogP contribution in [0.1, 0.15) is 24.8 Å². The number of guanidine groups is 1. The Morgan fingerprint density at radius 2 is 1.83 bits per heavy atom. The van der Waals surface area contributed by atoms with Crippen LogP contribution < -0.4 is 15.4 Å². The van der Waals surface area contributed by atoms with E-state index in [4.69, 9.17) is 14.2 Å². The number of amides is 1. The first-order chi connectivity index (χ1) is 14.2. The Morgan fingerprint density at radius 1 is 1.13 bits per heavy atom. The molecule has 1 aliphatic rings. The van der Waals surface area contributed by atoms with Crippen LogP contribution in [-0.2, 0) is 20.8 Å². The SMILES string of the molecule is CN=C(NCC(=O)NCc1ccc(OC)cc1)N1CCC(OCCCOC)CC1.I. The lowest BCUT2D eigenvalue weighted by Crippen LogP contribution is -2.49. The molecule has 0 atom stereocenters. The number of rotatable bonds is 10. The molecule has 8 nitrogen and oxygen atoms in total. The molecule has 0 aromatic heterocycles. The highest BCUT2D eigenvalue weighted by Gasteiger charge is 2.22. The molecule has 1 fully saturated rings. The van der Waals surface area contributed by atoms with Gasteiger partial charge in [-0.15, -0.1) is 24.0 Å². The standard InChI is InChI=1S/C21H34N4O4.HI/c1-22-21(25-11-9-19(10-12-25)29-14-4-13-27-2)24-16-20(26)23-15-17-5-7-18(28-3)8-6-17;/h5-8,19H,4,9-16H2,1-3H3,(H,22,24)(H,23,26);1H. The second-order valence-corrected chi connectivity index (χ2v) is 6.93. The zero-order valence-corrected chi connectivity index (χ0v) is 20.5. The smallest absolute Gasteiger partial charge is 0.239 e. The third kappa shape index (κ3) is 9.48. The average molecular weight is 534 g/mol. The predicted octanol–water partition coefficient (Wildman–Crippen LogP) is 2.02. The van der Waals surface area contributed by atoms with Crippen molar-refractivity contribution in [3.8, 4) is 5.75 Å². The molecule has 30 heavy (non-hydrogen) atoms. The first kappa shape index (κ1) is 26.4. The summed E-state index contributed by atoms with van der Waals surface area (Å²) in [5.74, 6) is 1.48. The van der Waals surface area contributed by atoms with E-state index in [0.717, 1.165) is 62.8 Å². The molecule has 9 heteroatoms. The van der Waals surface area contributed by atoms with Crippen LogP contribution in [0.4, 0.5) is 0 Å². The van der Waals surface area contributed by atoms with Gasteiger partial charge in [0, 0.05) is 47.0 Å². The zero-order valence-electron chi connectivity index (χ0n) is 18.2. The van der Waals surface area contributed by atoms with Gasteiger partial charge < -0.3 is 29.7 Å². The number of halogens is 1. The fourth-order valence-corrected chi connectivity index (χ4v) is 3.19. The number of hydrogen-bond donors (Lipinski definition) is 2. The van der Waals surface area contributed by atoms with E-state index in [1.54, 1.807) is 21.3 Å². The van der Waals surface area contributed by atoms with Gasteiger partial charge in [0.2, 0.25) is 5.91 Å². The maximum absolute atomic E-state index is 12.2.